The lowest BCUT2D eigenvalue weighted by atomic mass is 10.1. The van der Waals surface area contributed by atoms with Crippen molar-refractivity contribution in [1.82, 2.24) is 4.90 Å². The molecule has 1 amide bonds. The molecule has 1 aromatic rings. The van der Waals surface area contributed by atoms with Gasteiger partial charge < -0.3 is 4.90 Å². The van der Waals surface area contributed by atoms with E-state index in [2.05, 4.69) is 24.0 Å². The van der Waals surface area contributed by atoms with Crippen molar-refractivity contribution in [1.29, 1.82) is 0 Å². The van der Waals surface area contributed by atoms with Crippen molar-refractivity contribution < 1.29 is 4.79 Å². The SMILES string of the molecule is CCCCCCN1C(=O)CS[C@@H]1c1ccccc1. The molecule has 18 heavy (non-hydrogen) atoms. The summed E-state index contributed by atoms with van der Waals surface area (Å²) >= 11 is 1.75. The zero-order chi connectivity index (χ0) is 12.8. The number of thioether (sulfide) groups is 1. The predicted molar refractivity (Wildman–Crippen MR) is 77.5 cm³/mol. The molecule has 1 atom stereocenters. The molecule has 1 fully saturated rings. The Morgan fingerprint density at radius 3 is 2.72 bits per heavy atom. The van der Waals surface area contributed by atoms with Crippen molar-refractivity contribution in [3.63, 3.8) is 0 Å². The van der Waals surface area contributed by atoms with E-state index in [-0.39, 0.29) is 5.37 Å². The van der Waals surface area contributed by atoms with Gasteiger partial charge in [-0.25, -0.2) is 0 Å². The first-order chi connectivity index (χ1) is 8.83. The molecule has 0 aliphatic carbocycles. The molecular weight excluding hydrogens is 242 g/mol. The van der Waals surface area contributed by atoms with Crippen molar-refractivity contribution in [2.45, 2.75) is 38.0 Å². The fourth-order valence-corrected chi connectivity index (χ4v) is 3.52. The molecular formula is C15H21NOS. The third-order valence-electron chi connectivity index (χ3n) is 3.31. The van der Waals surface area contributed by atoms with E-state index in [1.54, 1.807) is 11.8 Å². The molecule has 0 saturated carbocycles. The van der Waals surface area contributed by atoms with Crippen LogP contribution in [0.25, 0.3) is 0 Å². The molecule has 1 aliphatic rings. The maximum atomic E-state index is 11.9. The number of benzene rings is 1. The molecule has 0 radical (unpaired) electrons. The summed E-state index contributed by atoms with van der Waals surface area (Å²) in [5, 5.41) is 0.236. The van der Waals surface area contributed by atoms with Gasteiger partial charge >= 0.3 is 0 Å². The van der Waals surface area contributed by atoms with Crippen LogP contribution >= 0.6 is 11.8 Å². The van der Waals surface area contributed by atoms with Crippen LogP contribution in [-0.4, -0.2) is 23.1 Å². The van der Waals surface area contributed by atoms with Crippen molar-refractivity contribution in [3.8, 4) is 0 Å². The van der Waals surface area contributed by atoms with Crippen LogP contribution in [0, 0.1) is 0 Å². The fraction of sp³-hybridized carbons (Fsp3) is 0.533. The zero-order valence-electron chi connectivity index (χ0n) is 11.0. The Balaban J connectivity index is 1.95. The molecule has 0 aromatic heterocycles. The van der Waals surface area contributed by atoms with Crippen molar-refractivity contribution >= 4 is 17.7 Å². The van der Waals surface area contributed by atoms with Gasteiger partial charge in [0, 0.05) is 6.54 Å². The quantitative estimate of drug-likeness (QED) is 0.727. The number of amides is 1. The van der Waals surface area contributed by atoms with Crippen LogP contribution < -0.4 is 0 Å². The Morgan fingerprint density at radius 2 is 2.00 bits per heavy atom. The van der Waals surface area contributed by atoms with Gasteiger partial charge in [0.1, 0.15) is 5.37 Å². The van der Waals surface area contributed by atoms with Crippen LogP contribution in [-0.2, 0) is 4.79 Å². The van der Waals surface area contributed by atoms with E-state index in [0.717, 1.165) is 13.0 Å². The average Bonchev–Trinajstić information content (AvgIpc) is 2.77. The summed E-state index contributed by atoms with van der Waals surface area (Å²) < 4.78 is 0. The Hall–Kier alpha value is -0.960. The summed E-state index contributed by atoms with van der Waals surface area (Å²) in [5.74, 6) is 0.929. The normalized spacial score (nSPS) is 19.5. The number of rotatable bonds is 6. The number of nitrogens with zero attached hydrogens (tertiary/aromatic N) is 1. The van der Waals surface area contributed by atoms with Crippen LogP contribution in [0.2, 0.25) is 0 Å². The molecule has 98 valence electrons. The topological polar surface area (TPSA) is 20.3 Å². The fourth-order valence-electron chi connectivity index (χ4n) is 2.30. The summed E-state index contributed by atoms with van der Waals surface area (Å²) in [5.41, 5.74) is 1.25. The van der Waals surface area contributed by atoms with E-state index in [0.29, 0.717) is 11.7 Å². The minimum absolute atomic E-state index is 0.236. The average molecular weight is 263 g/mol. The molecule has 2 rings (SSSR count). The first-order valence-corrected chi connectivity index (χ1v) is 7.84. The predicted octanol–water partition coefficient (Wildman–Crippen LogP) is 3.84. The monoisotopic (exact) mass is 263 g/mol. The van der Waals surface area contributed by atoms with E-state index >= 15 is 0 Å². The molecule has 1 aromatic carbocycles. The Morgan fingerprint density at radius 1 is 1.22 bits per heavy atom. The van der Waals surface area contributed by atoms with Crippen molar-refractivity contribution in [2.75, 3.05) is 12.3 Å². The van der Waals surface area contributed by atoms with E-state index in [9.17, 15) is 4.79 Å². The van der Waals surface area contributed by atoms with Gasteiger partial charge in [-0.05, 0) is 12.0 Å². The second-order valence-electron chi connectivity index (χ2n) is 4.72. The highest BCUT2D eigenvalue weighted by Gasteiger charge is 2.31. The Kier molecular flexibility index (Phi) is 5.12. The maximum Gasteiger partial charge on any atom is 0.233 e. The number of carbonyl (C=O) groups is 1. The second-order valence-corrected chi connectivity index (χ2v) is 5.79. The van der Waals surface area contributed by atoms with Crippen LogP contribution in [0.5, 0.6) is 0 Å². The molecule has 1 heterocycles. The molecule has 1 aliphatic heterocycles. The first kappa shape index (κ1) is 13.5. The highest BCUT2D eigenvalue weighted by Crippen LogP contribution is 2.38. The van der Waals surface area contributed by atoms with Gasteiger partial charge in [0.15, 0.2) is 0 Å². The zero-order valence-corrected chi connectivity index (χ0v) is 11.8. The van der Waals surface area contributed by atoms with Crippen LogP contribution in [0.15, 0.2) is 30.3 Å². The number of unbranched alkanes of at least 4 members (excludes halogenated alkanes) is 3. The van der Waals surface area contributed by atoms with E-state index < -0.39 is 0 Å². The van der Waals surface area contributed by atoms with Crippen LogP contribution in [0.4, 0.5) is 0 Å². The van der Waals surface area contributed by atoms with Gasteiger partial charge in [0.25, 0.3) is 0 Å². The van der Waals surface area contributed by atoms with E-state index in [1.165, 1.54) is 24.8 Å². The first-order valence-electron chi connectivity index (χ1n) is 6.79. The van der Waals surface area contributed by atoms with Gasteiger partial charge in [-0.15, -0.1) is 11.8 Å². The summed E-state index contributed by atoms with van der Waals surface area (Å²) in [7, 11) is 0. The number of hydrogen-bond acceptors (Lipinski definition) is 2. The molecule has 0 bridgehead atoms. The molecule has 0 N–H and O–H groups in total. The lowest BCUT2D eigenvalue weighted by molar-refractivity contribution is -0.128. The third kappa shape index (κ3) is 3.29. The minimum Gasteiger partial charge on any atom is -0.326 e. The van der Waals surface area contributed by atoms with Gasteiger partial charge in [0.2, 0.25) is 5.91 Å². The standard InChI is InChI=1S/C15H21NOS/c1-2-3-4-8-11-16-14(17)12-18-15(16)13-9-6-5-7-10-13/h5-7,9-10,15H,2-4,8,11-12H2,1H3/t15-/m1/s1. The smallest absolute Gasteiger partial charge is 0.233 e. The summed E-state index contributed by atoms with van der Waals surface area (Å²) in [6.07, 6.45) is 4.87. The molecule has 3 heteroatoms. The Bertz CT molecular complexity index is 379. The number of carbonyl (C=O) groups excluding carboxylic acids is 1. The Labute approximate surface area is 114 Å². The number of hydrogen-bond donors (Lipinski definition) is 0. The van der Waals surface area contributed by atoms with E-state index in [4.69, 9.17) is 0 Å². The second kappa shape index (κ2) is 6.83. The van der Waals surface area contributed by atoms with Gasteiger partial charge in [-0.2, -0.15) is 0 Å². The van der Waals surface area contributed by atoms with Gasteiger partial charge in [0.05, 0.1) is 5.75 Å². The lowest BCUT2D eigenvalue weighted by Gasteiger charge is -2.24. The summed E-state index contributed by atoms with van der Waals surface area (Å²) in [4.78, 5) is 14.0. The highest BCUT2D eigenvalue weighted by molar-refractivity contribution is 8.00. The third-order valence-corrected chi connectivity index (χ3v) is 4.56. The highest BCUT2D eigenvalue weighted by atomic mass is 32.2. The molecule has 2 nitrogen and oxygen atoms in total. The van der Waals surface area contributed by atoms with Crippen molar-refractivity contribution in [2.24, 2.45) is 0 Å². The van der Waals surface area contributed by atoms with Gasteiger partial charge in [-0.3, -0.25) is 4.79 Å². The molecule has 1 saturated heterocycles. The van der Waals surface area contributed by atoms with Crippen molar-refractivity contribution in [3.05, 3.63) is 35.9 Å². The maximum absolute atomic E-state index is 11.9. The lowest BCUT2D eigenvalue weighted by Crippen LogP contribution is -2.29. The van der Waals surface area contributed by atoms with Crippen LogP contribution in [0.1, 0.15) is 43.5 Å². The summed E-state index contributed by atoms with van der Waals surface area (Å²) in [6, 6.07) is 10.4. The van der Waals surface area contributed by atoms with Crippen LogP contribution in [0.3, 0.4) is 0 Å². The molecule has 0 unspecified atom stereocenters. The minimum atomic E-state index is 0.236. The largest absolute Gasteiger partial charge is 0.326 e. The summed E-state index contributed by atoms with van der Waals surface area (Å²) in [6.45, 7) is 3.12. The molecule has 0 spiro atoms. The van der Waals surface area contributed by atoms with Gasteiger partial charge in [-0.1, -0.05) is 56.5 Å². The van der Waals surface area contributed by atoms with E-state index in [1.807, 2.05) is 18.2 Å².